The molecule has 116 valence electrons. The lowest BCUT2D eigenvalue weighted by Gasteiger charge is -2.25. The number of hydrogen-bond acceptors (Lipinski definition) is 3. The van der Waals surface area contributed by atoms with E-state index >= 15 is 0 Å². The summed E-state index contributed by atoms with van der Waals surface area (Å²) in [6, 6.07) is 6.38. The summed E-state index contributed by atoms with van der Waals surface area (Å²) in [4.78, 5) is 14.4. The van der Waals surface area contributed by atoms with Gasteiger partial charge in [-0.15, -0.1) is 0 Å². The minimum atomic E-state index is -0.504. The van der Waals surface area contributed by atoms with E-state index in [9.17, 15) is 9.90 Å². The maximum atomic E-state index is 12.5. The van der Waals surface area contributed by atoms with Crippen LogP contribution in [0.15, 0.2) is 24.3 Å². The maximum Gasteiger partial charge on any atom is 0.239 e. The molecule has 2 rings (SSSR count). The second-order valence-corrected chi connectivity index (χ2v) is 6.82. The average Bonchev–Trinajstić information content (AvgIpc) is 2.61. The standard InChI is InChI=1S/C17H26N2O2/c1-17(2)8-3-10-19(11-9-17)16(21)15(18)12-13-4-6-14(20)7-5-13/h4-7,15,20H,3,8-12,18H2,1-2H3/t15-/m1/s1. The number of rotatable bonds is 3. The second-order valence-electron chi connectivity index (χ2n) is 6.82. The van der Waals surface area contributed by atoms with Crippen molar-refractivity contribution in [3.63, 3.8) is 0 Å². The number of benzene rings is 1. The first-order valence-corrected chi connectivity index (χ1v) is 7.70. The van der Waals surface area contributed by atoms with Crippen LogP contribution in [0.25, 0.3) is 0 Å². The van der Waals surface area contributed by atoms with E-state index in [0.29, 0.717) is 11.8 Å². The smallest absolute Gasteiger partial charge is 0.239 e. The summed E-state index contributed by atoms with van der Waals surface area (Å²) in [6.45, 7) is 6.13. The molecule has 0 unspecified atom stereocenters. The summed E-state index contributed by atoms with van der Waals surface area (Å²) in [7, 11) is 0. The predicted octanol–water partition coefficient (Wildman–Crippen LogP) is 2.30. The Morgan fingerprint density at radius 1 is 1.29 bits per heavy atom. The lowest BCUT2D eigenvalue weighted by molar-refractivity contribution is -0.132. The fourth-order valence-electron chi connectivity index (χ4n) is 2.85. The molecule has 0 aromatic heterocycles. The highest BCUT2D eigenvalue weighted by molar-refractivity contribution is 5.82. The first-order valence-electron chi connectivity index (χ1n) is 7.70. The Morgan fingerprint density at radius 3 is 2.62 bits per heavy atom. The third-order valence-corrected chi connectivity index (χ3v) is 4.36. The van der Waals surface area contributed by atoms with Gasteiger partial charge in [0.1, 0.15) is 5.75 Å². The lowest BCUT2D eigenvalue weighted by atomic mass is 9.85. The van der Waals surface area contributed by atoms with Crippen molar-refractivity contribution in [1.82, 2.24) is 4.90 Å². The first kappa shape index (κ1) is 15.8. The van der Waals surface area contributed by atoms with Gasteiger partial charge in [-0.05, 0) is 48.8 Å². The monoisotopic (exact) mass is 290 g/mol. The number of hydrogen-bond donors (Lipinski definition) is 2. The van der Waals surface area contributed by atoms with Crippen molar-refractivity contribution in [3.05, 3.63) is 29.8 Å². The molecule has 21 heavy (non-hydrogen) atoms. The van der Waals surface area contributed by atoms with Crippen molar-refractivity contribution in [2.24, 2.45) is 11.1 Å². The molecule has 0 spiro atoms. The van der Waals surface area contributed by atoms with Gasteiger partial charge >= 0.3 is 0 Å². The SMILES string of the molecule is CC1(C)CCCN(C(=O)[C@H](N)Cc2ccc(O)cc2)CC1. The number of nitrogens with two attached hydrogens (primary N) is 1. The molecule has 1 atom stereocenters. The van der Waals surface area contributed by atoms with Gasteiger partial charge in [0.25, 0.3) is 0 Å². The van der Waals surface area contributed by atoms with Gasteiger partial charge in [-0.25, -0.2) is 0 Å². The Bertz CT molecular complexity index is 482. The number of carbonyl (C=O) groups is 1. The van der Waals surface area contributed by atoms with Crippen LogP contribution in [0, 0.1) is 5.41 Å². The highest BCUT2D eigenvalue weighted by Crippen LogP contribution is 2.29. The molecule has 0 saturated carbocycles. The quantitative estimate of drug-likeness (QED) is 0.897. The molecule has 1 heterocycles. The van der Waals surface area contributed by atoms with E-state index < -0.39 is 6.04 Å². The fourth-order valence-corrected chi connectivity index (χ4v) is 2.85. The van der Waals surface area contributed by atoms with Crippen molar-refractivity contribution in [2.45, 2.75) is 45.6 Å². The summed E-state index contributed by atoms with van der Waals surface area (Å²) in [5, 5.41) is 9.28. The van der Waals surface area contributed by atoms with Gasteiger partial charge in [-0.3, -0.25) is 4.79 Å². The van der Waals surface area contributed by atoms with Crippen LogP contribution in [0.1, 0.15) is 38.7 Å². The number of phenols is 1. The molecule has 1 amide bonds. The zero-order valence-corrected chi connectivity index (χ0v) is 13.0. The van der Waals surface area contributed by atoms with E-state index in [4.69, 9.17) is 5.73 Å². The number of amides is 1. The first-order chi connectivity index (χ1) is 9.87. The maximum absolute atomic E-state index is 12.5. The lowest BCUT2D eigenvalue weighted by Crippen LogP contribution is -2.45. The summed E-state index contributed by atoms with van der Waals surface area (Å²) in [5.41, 5.74) is 7.37. The third-order valence-electron chi connectivity index (χ3n) is 4.36. The van der Waals surface area contributed by atoms with Crippen LogP contribution in [-0.4, -0.2) is 35.0 Å². The van der Waals surface area contributed by atoms with E-state index in [0.717, 1.165) is 37.9 Å². The molecular formula is C17H26N2O2. The Morgan fingerprint density at radius 2 is 1.95 bits per heavy atom. The molecule has 1 saturated heterocycles. The Balaban J connectivity index is 1.94. The fraction of sp³-hybridized carbons (Fsp3) is 0.588. The number of nitrogens with zero attached hydrogens (tertiary/aromatic N) is 1. The van der Waals surface area contributed by atoms with Crippen molar-refractivity contribution in [3.8, 4) is 5.75 Å². The second kappa shape index (κ2) is 6.48. The van der Waals surface area contributed by atoms with Crippen LogP contribution in [0.5, 0.6) is 5.75 Å². The topological polar surface area (TPSA) is 66.6 Å². The number of phenolic OH excluding ortho intramolecular Hbond substituents is 1. The van der Waals surface area contributed by atoms with E-state index in [1.165, 1.54) is 0 Å². The highest BCUT2D eigenvalue weighted by atomic mass is 16.3. The van der Waals surface area contributed by atoms with Crippen LogP contribution in [0.3, 0.4) is 0 Å². The van der Waals surface area contributed by atoms with Gasteiger partial charge in [0.15, 0.2) is 0 Å². The van der Waals surface area contributed by atoms with Gasteiger partial charge in [0.2, 0.25) is 5.91 Å². The molecule has 1 aliphatic heterocycles. The summed E-state index contributed by atoms with van der Waals surface area (Å²) in [6.07, 6.45) is 3.75. The van der Waals surface area contributed by atoms with Gasteiger partial charge in [0.05, 0.1) is 6.04 Å². The van der Waals surface area contributed by atoms with Crippen LogP contribution in [0.2, 0.25) is 0 Å². The molecule has 1 aliphatic rings. The molecule has 4 nitrogen and oxygen atoms in total. The molecule has 0 aliphatic carbocycles. The van der Waals surface area contributed by atoms with Crippen molar-refractivity contribution in [2.75, 3.05) is 13.1 Å². The number of likely N-dealkylation sites (tertiary alicyclic amines) is 1. The predicted molar refractivity (Wildman–Crippen MR) is 84.0 cm³/mol. The Kier molecular flexibility index (Phi) is 4.88. The molecule has 3 N–H and O–H groups in total. The van der Waals surface area contributed by atoms with E-state index in [1.807, 2.05) is 17.0 Å². The summed E-state index contributed by atoms with van der Waals surface area (Å²) < 4.78 is 0. The van der Waals surface area contributed by atoms with E-state index in [-0.39, 0.29) is 11.7 Å². The van der Waals surface area contributed by atoms with Crippen molar-refractivity contribution < 1.29 is 9.90 Å². The third kappa shape index (κ3) is 4.46. The normalized spacial score (nSPS) is 19.9. The van der Waals surface area contributed by atoms with Crippen molar-refractivity contribution in [1.29, 1.82) is 0 Å². The molecular weight excluding hydrogens is 264 g/mol. The molecule has 1 aromatic carbocycles. The van der Waals surface area contributed by atoms with Crippen LogP contribution >= 0.6 is 0 Å². The summed E-state index contributed by atoms with van der Waals surface area (Å²) in [5.74, 6) is 0.272. The van der Waals surface area contributed by atoms with Gasteiger partial charge < -0.3 is 15.7 Å². The largest absolute Gasteiger partial charge is 0.508 e. The Hall–Kier alpha value is -1.55. The van der Waals surface area contributed by atoms with Crippen molar-refractivity contribution >= 4 is 5.91 Å². The molecule has 4 heteroatoms. The Labute approximate surface area is 126 Å². The van der Waals surface area contributed by atoms with E-state index in [2.05, 4.69) is 13.8 Å². The zero-order chi connectivity index (χ0) is 15.5. The average molecular weight is 290 g/mol. The van der Waals surface area contributed by atoms with Gasteiger partial charge in [-0.1, -0.05) is 26.0 Å². The van der Waals surface area contributed by atoms with E-state index in [1.54, 1.807) is 12.1 Å². The number of carbonyl (C=O) groups excluding carboxylic acids is 1. The summed E-state index contributed by atoms with van der Waals surface area (Å²) >= 11 is 0. The van der Waals surface area contributed by atoms with Gasteiger partial charge in [0, 0.05) is 13.1 Å². The van der Waals surface area contributed by atoms with Crippen LogP contribution in [0.4, 0.5) is 0 Å². The molecule has 1 fully saturated rings. The number of aromatic hydroxyl groups is 1. The van der Waals surface area contributed by atoms with Crippen LogP contribution < -0.4 is 5.73 Å². The highest BCUT2D eigenvalue weighted by Gasteiger charge is 2.27. The molecule has 0 radical (unpaired) electrons. The minimum Gasteiger partial charge on any atom is -0.508 e. The molecule has 0 bridgehead atoms. The minimum absolute atomic E-state index is 0.0424. The van der Waals surface area contributed by atoms with Gasteiger partial charge in [-0.2, -0.15) is 0 Å². The van der Waals surface area contributed by atoms with Crippen LogP contribution in [-0.2, 0) is 11.2 Å². The molecule has 1 aromatic rings. The zero-order valence-electron chi connectivity index (χ0n) is 13.0.